The summed E-state index contributed by atoms with van der Waals surface area (Å²) in [7, 11) is 1.71. The van der Waals surface area contributed by atoms with E-state index in [-0.39, 0.29) is 0 Å². The lowest BCUT2D eigenvalue weighted by atomic mass is 9.95. The Morgan fingerprint density at radius 1 is 1.10 bits per heavy atom. The second kappa shape index (κ2) is 8.22. The van der Waals surface area contributed by atoms with Crippen molar-refractivity contribution in [2.24, 2.45) is 5.92 Å². The summed E-state index contributed by atoms with van der Waals surface area (Å²) >= 11 is 0. The van der Waals surface area contributed by atoms with Crippen molar-refractivity contribution in [1.82, 2.24) is 24.8 Å². The number of nitrogens with zero attached hydrogens (tertiary/aromatic N) is 4. The van der Waals surface area contributed by atoms with Gasteiger partial charge < -0.3 is 19.9 Å². The minimum atomic E-state index is 0.515. The van der Waals surface area contributed by atoms with Gasteiger partial charge in [0.1, 0.15) is 17.1 Å². The standard InChI is InChI=1S/C23H30N6O/c1-15-20-22(28-23(25-15)26-17-7-8-17)29(14-11-16-9-12-24-13-10-16)21(27-20)18-5-3-4-6-19(18)30-2/h3-6,16-17,24H,7-14H2,1-2H3,(H,25,26,28). The van der Waals surface area contributed by atoms with Crippen LogP contribution in [0.25, 0.3) is 22.6 Å². The first-order valence-electron chi connectivity index (χ1n) is 11.1. The molecule has 158 valence electrons. The van der Waals surface area contributed by atoms with Gasteiger partial charge in [0.05, 0.1) is 18.4 Å². The van der Waals surface area contributed by atoms with Gasteiger partial charge in [0.15, 0.2) is 5.65 Å². The monoisotopic (exact) mass is 406 g/mol. The van der Waals surface area contributed by atoms with E-state index < -0.39 is 0 Å². The average molecular weight is 407 g/mol. The summed E-state index contributed by atoms with van der Waals surface area (Å²) in [6.45, 7) is 5.16. The van der Waals surface area contributed by atoms with Gasteiger partial charge in [-0.15, -0.1) is 0 Å². The molecule has 1 saturated heterocycles. The molecule has 2 aromatic heterocycles. The minimum Gasteiger partial charge on any atom is -0.496 e. The maximum Gasteiger partial charge on any atom is 0.225 e. The lowest BCUT2D eigenvalue weighted by Gasteiger charge is -2.23. The van der Waals surface area contributed by atoms with E-state index >= 15 is 0 Å². The van der Waals surface area contributed by atoms with Crippen molar-refractivity contribution in [2.45, 2.75) is 51.6 Å². The van der Waals surface area contributed by atoms with Gasteiger partial charge in [-0.3, -0.25) is 0 Å². The number of hydrogen-bond acceptors (Lipinski definition) is 6. The van der Waals surface area contributed by atoms with Crippen LogP contribution in [0.4, 0.5) is 5.95 Å². The summed E-state index contributed by atoms with van der Waals surface area (Å²) in [5, 5.41) is 6.92. The molecule has 0 bridgehead atoms. The molecule has 5 rings (SSSR count). The van der Waals surface area contributed by atoms with Gasteiger partial charge in [-0.2, -0.15) is 4.98 Å². The fourth-order valence-electron chi connectivity index (χ4n) is 4.34. The van der Waals surface area contributed by atoms with E-state index in [1.165, 1.54) is 25.7 Å². The van der Waals surface area contributed by atoms with Crippen LogP contribution in [0.3, 0.4) is 0 Å². The average Bonchev–Trinajstić information content (AvgIpc) is 3.51. The zero-order valence-electron chi connectivity index (χ0n) is 17.8. The summed E-state index contributed by atoms with van der Waals surface area (Å²) in [5.41, 5.74) is 3.71. The highest BCUT2D eigenvalue weighted by atomic mass is 16.5. The van der Waals surface area contributed by atoms with Crippen LogP contribution < -0.4 is 15.4 Å². The lowest BCUT2D eigenvalue weighted by Crippen LogP contribution is -2.28. The Hall–Kier alpha value is -2.67. The molecule has 1 aliphatic carbocycles. The van der Waals surface area contributed by atoms with Gasteiger partial charge in [0.2, 0.25) is 5.95 Å². The number of aryl methyl sites for hydroxylation is 2. The Morgan fingerprint density at radius 2 is 1.90 bits per heavy atom. The summed E-state index contributed by atoms with van der Waals surface area (Å²) < 4.78 is 7.93. The van der Waals surface area contributed by atoms with Crippen LogP contribution in [0.1, 0.15) is 37.8 Å². The van der Waals surface area contributed by atoms with Crippen LogP contribution >= 0.6 is 0 Å². The molecule has 3 heterocycles. The molecule has 0 unspecified atom stereocenters. The van der Waals surface area contributed by atoms with Crippen molar-refractivity contribution in [3.8, 4) is 17.1 Å². The third-order valence-electron chi connectivity index (χ3n) is 6.25. The van der Waals surface area contributed by atoms with E-state index in [1.807, 2.05) is 25.1 Å². The van der Waals surface area contributed by atoms with E-state index in [9.17, 15) is 0 Å². The molecule has 0 spiro atoms. The summed E-state index contributed by atoms with van der Waals surface area (Å²) in [6.07, 6.45) is 5.99. The number of methoxy groups -OCH3 is 1. The summed E-state index contributed by atoms with van der Waals surface area (Å²) in [6, 6.07) is 8.61. The Balaban J connectivity index is 1.58. The summed E-state index contributed by atoms with van der Waals surface area (Å²) in [5.74, 6) is 3.20. The first-order chi connectivity index (χ1) is 14.7. The quantitative estimate of drug-likeness (QED) is 0.622. The Kier molecular flexibility index (Phi) is 5.29. The van der Waals surface area contributed by atoms with Crippen molar-refractivity contribution in [3.05, 3.63) is 30.0 Å². The van der Waals surface area contributed by atoms with Gasteiger partial charge in [-0.1, -0.05) is 12.1 Å². The molecule has 0 radical (unpaired) electrons. The van der Waals surface area contributed by atoms with Gasteiger partial charge in [-0.05, 0) is 70.2 Å². The van der Waals surface area contributed by atoms with Crippen LogP contribution in [0.2, 0.25) is 0 Å². The van der Waals surface area contributed by atoms with Crippen LogP contribution in [0, 0.1) is 12.8 Å². The molecule has 2 fully saturated rings. The Labute approximate surface area is 177 Å². The van der Waals surface area contributed by atoms with E-state index in [0.29, 0.717) is 6.04 Å². The molecule has 0 atom stereocenters. The molecular formula is C23H30N6O. The maximum absolute atomic E-state index is 5.65. The van der Waals surface area contributed by atoms with Crippen LogP contribution in [0.15, 0.2) is 24.3 Å². The topological polar surface area (TPSA) is 76.9 Å². The number of ether oxygens (including phenoxy) is 1. The van der Waals surface area contributed by atoms with E-state index in [1.54, 1.807) is 7.11 Å². The first kappa shape index (κ1) is 19.3. The largest absolute Gasteiger partial charge is 0.496 e. The highest BCUT2D eigenvalue weighted by Crippen LogP contribution is 2.33. The molecule has 0 amide bonds. The number of benzene rings is 1. The molecule has 1 saturated carbocycles. The number of fused-ring (bicyclic) bond motifs is 1. The van der Waals surface area contributed by atoms with E-state index in [2.05, 4.69) is 26.3 Å². The number of anilines is 1. The predicted molar refractivity (Wildman–Crippen MR) is 119 cm³/mol. The number of rotatable bonds is 7. The molecule has 1 aromatic carbocycles. The minimum absolute atomic E-state index is 0.515. The fraction of sp³-hybridized carbons (Fsp3) is 0.522. The van der Waals surface area contributed by atoms with Crippen LogP contribution in [0.5, 0.6) is 5.75 Å². The Bertz CT molecular complexity index is 1040. The van der Waals surface area contributed by atoms with Crippen molar-refractivity contribution in [1.29, 1.82) is 0 Å². The molecule has 2 aliphatic rings. The molecule has 30 heavy (non-hydrogen) atoms. The first-order valence-corrected chi connectivity index (χ1v) is 11.1. The lowest BCUT2D eigenvalue weighted by molar-refractivity contribution is 0.339. The Morgan fingerprint density at radius 3 is 2.67 bits per heavy atom. The van der Waals surface area contributed by atoms with Crippen LogP contribution in [-0.4, -0.2) is 45.8 Å². The van der Waals surface area contributed by atoms with Crippen LogP contribution in [-0.2, 0) is 6.54 Å². The zero-order valence-corrected chi connectivity index (χ0v) is 17.8. The number of para-hydroxylation sites is 1. The number of nitrogens with one attached hydrogen (secondary N) is 2. The number of imidazole rings is 1. The fourth-order valence-corrected chi connectivity index (χ4v) is 4.34. The van der Waals surface area contributed by atoms with Crippen molar-refractivity contribution in [3.63, 3.8) is 0 Å². The second-order valence-electron chi connectivity index (χ2n) is 8.49. The van der Waals surface area contributed by atoms with Gasteiger partial charge in [-0.25, -0.2) is 9.97 Å². The molecular weight excluding hydrogens is 376 g/mol. The predicted octanol–water partition coefficient (Wildman–Crippen LogP) is 3.77. The molecule has 3 aromatic rings. The van der Waals surface area contributed by atoms with E-state index in [4.69, 9.17) is 14.7 Å². The third kappa shape index (κ3) is 3.86. The van der Waals surface area contributed by atoms with Crippen molar-refractivity contribution in [2.75, 3.05) is 25.5 Å². The van der Waals surface area contributed by atoms with Gasteiger partial charge in [0, 0.05) is 12.6 Å². The molecule has 7 heteroatoms. The molecule has 1 aliphatic heterocycles. The molecule has 7 nitrogen and oxygen atoms in total. The number of aromatic nitrogens is 4. The SMILES string of the molecule is COc1ccccc1-c1nc2c(C)nc(NC3CC3)nc2n1CCC1CCNCC1. The smallest absolute Gasteiger partial charge is 0.225 e. The zero-order chi connectivity index (χ0) is 20.5. The number of hydrogen-bond donors (Lipinski definition) is 2. The van der Waals surface area contributed by atoms with Crippen molar-refractivity contribution < 1.29 is 4.74 Å². The van der Waals surface area contributed by atoms with E-state index in [0.717, 1.165) is 71.9 Å². The maximum atomic E-state index is 5.65. The second-order valence-corrected chi connectivity index (χ2v) is 8.49. The number of piperidine rings is 1. The highest BCUT2D eigenvalue weighted by molar-refractivity contribution is 5.81. The third-order valence-corrected chi connectivity index (χ3v) is 6.25. The summed E-state index contributed by atoms with van der Waals surface area (Å²) in [4.78, 5) is 14.6. The highest BCUT2D eigenvalue weighted by Gasteiger charge is 2.25. The van der Waals surface area contributed by atoms with Gasteiger partial charge in [0.25, 0.3) is 0 Å². The van der Waals surface area contributed by atoms with Gasteiger partial charge >= 0.3 is 0 Å². The normalized spacial score (nSPS) is 17.4. The van der Waals surface area contributed by atoms with Crippen molar-refractivity contribution >= 4 is 17.1 Å². The molecule has 2 N–H and O–H groups in total.